The molecule has 3 heterocycles. The Morgan fingerprint density at radius 1 is 1.02 bits per heavy atom. The summed E-state index contributed by atoms with van der Waals surface area (Å²) < 4.78 is 113. The number of amides is 2. The number of hydrogen-bond acceptors (Lipinski definition) is 5. The highest BCUT2D eigenvalue weighted by Crippen LogP contribution is 2.59. The third-order valence-electron chi connectivity index (χ3n) is 9.12. The fraction of sp³-hybridized carbons (Fsp3) is 0.387. The fourth-order valence-electron chi connectivity index (χ4n) is 6.75. The molecule has 1 aromatic heterocycles. The summed E-state index contributed by atoms with van der Waals surface area (Å²) in [4.78, 5) is 30.3. The number of rotatable bonds is 6. The van der Waals surface area contributed by atoms with E-state index in [9.17, 15) is 40.0 Å². The van der Waals surface area contributed by atoms with Crippen LogP contribution >= 0.6 is 0 Å². The zero-order valence-corrected chi connectivity index (χ0v) is 25.2. The van der Waals surface area contributed by atoms with E-state index in [0.717, 1.165) is 30.3 Å². The Morgan fingerprint density at radius 2 is 1.67 bits per heavy atom. The van der Waals surface area contributed by atoms with E-state index in [1.54, 1.807) is 4.90 Å². The summed E-state index contributed by atoms with van der Waals surface area (Å²) >= 11 is 0. The molecule has 2 aliphatic heterocycles. The van der Waals surface area contributed by atoms with Crippen molar-refractivity contribution < 1.29 is 44.3 Å². The van der Waals surface area contributed by atoms with E-state index in [0.29, 0.717) is 19.0 Å². The first-order valence-electron chi connectivity index (χ1n) is 14.5. The Balaban J connectivity index is 1.40. The monoisotopic (exact) mass is 666 g/mol. The molecule has 3 aliphatic rings. The molecule has 1 saturated carbocycles. The van der Waals surface area contributed by atoms with Crippen molar-refractivity contribution >= 4 is 27.5 Å². The highest BCUT2D eigenvalue weighted by Gasteiger charge is 2.61. The van der Waals surface area contributed by atoms with Crippen molar-refractivity contribution in [2.24, 2.45) is 5.92 Å². The number of carbonyl (C=O) groups is 2. The van der Waals surface area contributed by atoms with Crippen LogP contribution in [-0.2, 0) is 33.0 Å². The van der Waals surface area contributed by atoms with Crippen LogP contribution in [0.15, 0.2) is 53.6 Å². The molecule has 8 nitrogen and oxygen atoms in total. The van der Waals surface area contributed by atoms with Gasteiger partial charge in [0.15, 0.2) is 0 Å². The molecule has 1 N–H and O–H groups in total. The number of sulfonamides is 1. The number of aromatic nitrogens is 1. The summed E-state index contributed by atoms with van der Waals surface area (Å²) in [5.74, 6) is -4.29. The average Bonchev–Trinajstić information content (AvgIpc) is 3.79. The van der Waals surface area contributed by atoms with Crippen LogP contribution in [0.2, 0.25) is 0 Å². The minimum Gasteiger partial charge on any atom is -0.346 e. The number of nitrogens with one attached hydrogen (secondary N) is 1. The Morgan fingerprint density at radius 3 is 2.24 bits per heavy atom. The predicted octanol–water partition coefficient (Wildman–Crippen LogP) is 5.32. The van der Waals surface area contributed by atoms with Crippen molar-refractivity contribution in [2.45, 2.75) is 61.7 Å². The summed E-state index contributed by atoms with van der Waals surface area (Å²) in [6.07, 6.45) is -2.64. The molecule has 1 spiro atoms. The standard InChI is InChI=1S/C31H28F6N4O4S/c1-17(42)40-12-10-30(11-13-40)26-25(41(28(30)18-2-3-18)46(44,45)21-6-4-20(32)5-7-21)9-8-22(27(26)34)29(43)39-16-24-23(33)14-19(15-38-24)31(35,36)37/h4-9,14-15,18,28H,2-3,10-13,16H2,1H3,(H,39,43). The van der Waals surface area contributed by atoms with Crippen LogP contribution in [0, 0.1) is 23.4 Å². The van der Waals surface area contributed by atoms with Crippen molar-refractivity contribution in [3.63, 3.8) is 0 Å². The first kappa shape index (κ1) is 31.8. The molecule has 15 heteroatoms. The molecular formula is C31H28F6N4O4S. The van der Waals surface area contributed by atoms with Gasteiger partial charge in [0.1, 0.15) is 17.5 Å². The van der Waals surface area contributed by atoms with E-state index in [1.165, 1.54) is 17.3 Å². The Labute approximate surface area is 260 Å². The normalized spacial score (nSPS) is 19.3. The second-order valence-corrected chi connectivity index (χ2v) is 13.7. The SMILES string of the molecule is CC(=O)N1CCC2(CC1)c1c(ccc(C(=O)NCc3ncc(C(F)(F)F)cc3F)c1F)N(S(=O)(=O)c1ccc(F)cc1)C2C1CC1. The fourth-order valence-corrected chi connectivity index (χ4v) is 8.54. The average molecular weight is 667 g/mol. The minimum absolute atomic E-state index is 0.00442. The second-order valence-electron chi connectivity index (χ2n) is 11.9. The van der Waals surface area contributed by atoms with Crippen LogP contribution in [0.25, 0.3) is 0 Å². The van der Waals surface area contributed by atoms with Crippen LogP contribution in [0.5, 0.6) is 0 Å². The van der Waals surface area contributed by atoms with E-state index in [-0.39, 0.29) is 60.0 Å². The zero-order valence-electron chi connectivity index (χ0n) is 24.4. The Hall–Kier alpha value is -4.14. The van der Waals surface area contributed by atoms with E-state index >= 15 is 4.39 Å². The van der Waals surface area contributed by atoms with E-state index < -0.39 is 74.4 Å². The van der Waals surface area contributed by atoms with Gasteiger partial charge in [0.25, 0.3) is 15.9 Å². The molecule has 46 heavy (non-hydrogen) atoms. The van der Waals surface area contributed by atoms with Gasteiger partial charge in [-0.3, -0.25) is 18.9 Å². The number of piperidine rings is 1. The number of halogens is 6. The predicted molar refractivity (Wildman–Crippen MR) is 153 cm³/mol. The van der Waals surface area contributed by atoms with Gasteiger partial charge in [0, 0.05) is 37.2 Å². The lowest BCUT2D eigenvalue weighted by Gasteiger charge is -2.45. The van der Waals surface area contributed by atoms with Crippen LogP contribution in [0.3, 0.4) is 0 Å². The lowest BCUT2D eigenvalue weighted by atomic mass is 9.67. The number of likely N-dealkylation sites (tertiary alicyclic amines) is 1. The number of anilines is 1. The van der Waals surface area contributed by atoms with Crippen LogP contribution in [0.4, 0.5) is 32.0 Å². The summed E-state index contributed by atoms with van der Waals surface area (Å²) in [5.41, 5.74) is -3.36. The number of pyridine rings is 1. The highest BCUT2D eigenvalue weighted by atomic mass is 32.2. The first-order chi connectivity index (χ1) is 21.6. The number of carbonyl (C=O) groups excluding carboxylic acids is 2. The van der Waals surface area contributed by atoms with Gasteiger partial charge in [-0.1, -0.05) is 0 Å². The minimum atomic E-state index is -4.82. The lowest BCUT2D eigenvalue weighted by molar-refractivity contribution is -0.138. The van der Waals surface area contributed by atoms with Gasteiger partial charge in [-0.05, 0) is 74.1 Å². The van der Waals surface area contributed by atoms with Crippen molar-refractivity contribution in [3.8, 4) is 0 Å². The maximum Gasteiger partial charge on any atom is 0.417 e. The Kier molecular flexibility index (Phi) is 7.81. The van der Waals surface area contributed by atoms with E-state index in [1.807, 2.05) is 0 Å². The van der Waals surface area contributed by atoms with Crippen LogP contribution in [0.1, 0.15) is 59.8 Å². The molecule has 1 atom stereocenters. The molecular weight excluding hydrogens is 638 g/mol. The third-order valence-corrected chi connectivity index (χ3v) is 10.9. The lowest BCUT2D eigenvalue weighted by Crippen LogP contribution is -2.54. The zero-order chi connectivity index (χ0) is 33.2. The summed E-state index contributed by atoms with van der Waals surface area (Å²) in [7, 11) is -4.35. The quantitative estimate of drug-likeness (QED) is 0.360. The molecule has 0 radical (unpaired) electrons. The van der Waals surface area contributed by atoms with Gasteiger partial charge < -0.3 is 10.2 Å². The molecule has 1 saturated heterocycles. The topological polar surface area (TPSA) is 99.7 Å². The van der Waals surface area contributed by atoms with Crippen molar-refractivity contribution in [1.29, 1.82) is 0 Å². The highest BCUT2D eigenvalue weighted by molar-refractivity contribution is 7.92. The number of benzene rings is 2. The summed E-state index contributed by atoms with van der Waals surface area (Å²) in [6, 6.07) is 6.21. The number of fused-ring (bicyclic) bond motifs is 2. The van der Waals surface area contributed by atoms with Crippen LogP contribution < -0.4 is 9.62 Å². The number of hydrogen-bond donors (Lipinski definition) is 1. The summed E-state index contributed by atoms with van der Waals surface area (Å²) in [5, 5.41) is 2.30. The van der Waals surface area contributed by atoms with Gasteiger partial charge in [-0.2, -0.15) is 13.2 Å². The van der Waals surface area contributed by atoms with E-state index in [2.05, 4.69) is 10.3 Å². The van der Waals surface area contributed by atoms with Gasteiger partial charge in [0.2, 0.25) is 5.91 Å². The van der Waals surface area contributed by atoms with Crippen molar-refractivity contribution in [3.05, 3.63) is 88.5 Å². The van der Waals surface area contributed by atoms with E-state index in [4.69, 9.17) is 0 Å². The third kappa shape index (κ3) is 5.37. The van der Waals surface area contributed by atoms with Gasteiger partial charge in [0.05, 0.1) is 40.0 Å². The van der Waals surface area contributed by atoms with Crippen molar-refractivity contribution in [2.75, 3.05) is 17.4 Å². The van der Waals surface area contributed by atoms with Crippen molar-refractivity contribution in [1.82, 2.24) is 15.2 Å². The Bertz CT molecular complexity index is 1820. The molecule has 6 rings (SSSR count). The molecule has 1 aliphatic carbocycles. The molecule has 1 unspecified atom stereocenters. The molecule has 244 valence electrons. The maximum atomic E-state index is 16.7. The largest absolute Gasteiger partial charge is 0.417 e. The first-order valence-corrected chi connectivity index (χ1v) is 16.0. The number of nitrogens with zero attached hydrogens (tertiary/aromatic N) is 3. The van der Waals surface area contributed by atoms with Gasteiger partial charge >= 0.3 is 6.18 Å². The second kappa shape index (κ2) is 11.3. The van der Waals surface area contributed by atoms with Gasteiger partial charge in [-0.15, -0.1) is 0 Å². The van der Waals surface area contributed by atoms with Crippen LogP contribution in [-0.4, -0.2) is 49.2 Å². The molecule has 3 aromatic rings. The molecule has 2 aromatic carbocycles. The number of alkyl halides is 3. The van der Waals surface area contributed by atoms with Gasteiger partial charge in [-0.25, -0.2) is 21.6 Å². The molecule has 2 fully saturated rings. The molecule has 0 bridgehead atoms. The summed E-state index contributed by atoms with van der Waals surface area (Å²) in [6.45, 7) is 1.20. The smallest absolute Gasteiger partial charge is 0.346 e. The molecule has 2 amide bonds. The maximum absolute atomic E-state index is 16.7.